The lowest BCUT2D eigenvalue weighted by Crippen LogP contribution is -2.53. The maximum Gasteiger partial charge on any atom is 0.433 e. The van der Waals surface area contributed by atoms with Crippen molar-refractivity contribution in [1.29, 1.82) is 0 Å². The van der Waals surface area contributed by atoms with E-state index in [0.717, 1.165) is 50.8 Å². The number of aryl methyl sites for hydroxylation is 1. The van der Waals surface area contributed by atoms with Gasteiger partial charge in [0.25, 0.3) is 0 Å². The Kier molecular flexibility index (Phi) is 6.43. The van der Waals surface area contributed by atoms with Gasteiger partial charge in [-0.15, -0.1) is 0 Å². The van der Waals surface area contributed by atoms with Crippen molar-refractivity contribution in [1.82, 2.24) is 14.8 Å². The van der Waals surface area contributed by atoms with Gasteiger partial charge < -0.3 is 9.80 Å². The van der Waals surface area contributed by atoms with Gasteiger partial charge in [0.05, 0.1) is 24.0 Å². The van der Waals surface area contributed by atoms with Gasteiger partial charge in [-0.25, -0.2) is 9.78 Å². The Labute approximate surface area is 209 Å². The van der Waals surface area contributed by atoms with Crippen molar-refractivity contribution < 1.29 is 22.8 Å². The molecule has 9 heteroatoms. The molecule has 3 heterocycles. The van der Waals surface area contributed by atoms with E-state index in [9.17, 15) is 22.8 Å². The van der Waals surface area contributed by atoms with Crippen molar-refractivity contribution in [2.75, 3.05) is 31.1 Å². The van der Waals surface area contributed by atoms with Crippen LogP contribution in [0.15, 0.2) is 42.6 Å². The van der Waals surface area contributed by atoms with E-state index >= 15 is 0 Å². The summed E-state index contributed by atoms with van der Waals surface area (Å²) in [6, 6.07) is 11.0. The molecule has 0 N–H and O–H groups in total. The molecule has 0 radical (unpaired) electrons. The number of halogens is 3. The fraction of sp³-hybridized carbons (Fsp3) is 0.519. The lowest BCUT2D eigenvalue weighted by molar-refractivity contribution is -0.141. The number of carbonyl (C=O) groups excluding carboxylic acids is 2. The number of hydrogen-bond donors (Lipinski definition) is 0. The minimum Gasteiger partial charge on any atom is -0.341 e. The van der Waals surface area contributed by atoms with Crippen molar-refractivity contribution in [3.8, 4) is 0 Å². The van der Waals surface area contributed by atoms with Crippen LogP contribution >= 0.6 is 0 Å². The molecule has 1 aliphatic carbocycles. The van der Waals surface area contributed by atoms with Gasteiger partial charge in [-0.05, 0) is 68.6 Å². The molecule has 36 heavy (non-hydrogen) atoms. The van der Waals surface area contributed by atoms with E-state index < -0.39 is 17.4 Å². The molecule has 3 fully saturated rings. The molecule has 2 aromatic rings. The molecule has 2 aliphatic heterocycles. The number of hydrogen-bond acceptors (Lipinski definition) is 3. The lowest BCUT2D eigenvalue weighted by Gasteiger charge is -2.42. The maximum absolute atomic E-state index is 13.7. The second kappa shape index (κ2) is 9.41. The van der Waals surface area contributed by atoms with Gasteiger partial charge in [-0.1, -0.05) is 30.3 Å². The molecule has 1 aromatic carbocycles. The zero-order valence-electron chi connectivity index (χ0n) is 20.4. The summed E-state index contributed by atoms with van der Waals surface area (Å²) in [6.07, 6.45) is 1.74. The first-order valence-electron chi connectivity index (χ1n) is 12.6. The van der Waals surface area contributed by atoms with Crippen molar-refractivity contribution in [2.24, 2.45) is 0 Å². The van der Waals surface area contributed by atoms with Crippen LogP contribution in [0.5, 0.6) is 0 Å². The third-order valence-electron chi connectivity index (χ3n) is 8.09. The Morgan fingerprint density at radius 2 is 1.78 bits per heavy atom. The number of benzene rings is 1. The minimum atomic E-state index is -4.55. The quantitative estimate of drug-likeness (QED) is 0.567. The number of rotatable bonds is 4. The average Bonchev–Trinajstić information content (AvgIpc) is 3.49. The van der Waals surface area contributed by atoms with Crippen molar-refractivity contribution >= 4 is 17.6 Å². The highest BCUT2D eigenvalue weighted by atomic mass is 19.4. The number of alkyl halides is 3. The number of carbonyl (C=O) groups is 2. The molecule has 192 valence electrons. The Morgan fingerprint density at radius 3 is 2.39 bits per heavy atom. The predicted molar refractivity (Wildman–Crippen MR) is 130 cm³/mol. The molecule has 3 amide bonds. The Balaban J connectivity index is 1.42. The number of urea groups is 1. The van der Waals surface area contributed by atoms with E-state index in [4.69, 9.17) is 0 Å². The number of nitrogens with zero attached hydrogens (tertiary/aromatic N) is 4. The van der Waals surface area contributed by atoms with Gasteiger partial charge in [0.15, 0.2) is 0 Å². The zero-order valence-corrected chi connectivity index (χ0v) is 20.4. The standard InChI is InChI=1S/C27H31F3N4O2/c1-19-15-23(27(28,29)30)31-16-22(19)33-18-26(11-9-21(10-12-26)20-7-3-2-4-8-20)34(25(33)36)17-24(35)32-13-5-6-14-32/h2-4,7-8,15-16,21H,5-6,9-14,17-18H2,1H3. The molecule has 0 bridgehead atoms. The topological polar surface area (TPSA) is 56.8 Å². The van der Waals surface area contributed by atoms with Crippen LogP contribution in [0.2, 0.25) is 0 Å². The smallest absolute Gasteiger partial charge is 0.341 e. The second-order valence-corrected chi connectivity index (χ2v) is 10.3. The maximum atomic E-state index is 13.7. The molecular formula is C27H31F3N4O2. The third kappa shape index (κ3) is 4.55. The summed E-state index contributed by atoms with van der Waals surface area (Å²) in [6.45, 7) is 3.31. The molecular weight excluding hydrogens is 469 g/mol. The van der Waals surface area contributed by atoms with Crippen molar-refractivity contribution in [3.63, 3.8) is 0 Å². The van der Waals surface area contributed by atoms with Gasteiger partial charge in [-0.3, -0.25) is 9.69 Å². The largest absolute Gasteiger partial charge is 0.433 e. The van der Waals surface area contributed by atoms with Crippen LogP contribution in [-0.4, -0.2) is 58.4 Å². The van der Waals surface area contributed by atoms with E-state index in [1.165, 1.54) is 10.5 Å². The summed E-state index contributed by atoms with van der Waals surface area (Å²) in [7, 11) is 0. The molecule has 2 saturated heterocycles. The first-order chi connectivity index (χ1) is 17.2. The highest BCUT2D eigenvalue weighted by Gasteiger charge is 2.52. The lowest BCUT2D eigenvalue weighted by atomic mass is 9.73. The van der Waals surface area contributed by atoms with E-state index in [0.29, 0.717) is 36.8 Å². The molecule has 1 saturated carbocycles. The summed E-state index contributed by atoms with van der Waals surface area (Å²) in [5.41, 5.74) is 0.470. The minimum absolute atomic E-state index is 0.00154. The van der Waals surface area contributed by atoms with Crippen molar-refractivity contribution in [3.05, 3.63) is 59.4 Å². The van der Waals surface area contributed by atoms with Crippen LogP contribution in [0.3, 0.4) is 0 Å². The van der Waals surface area contributed by atoms with E-state index in [1.54, 1.807) is 11.8 Å². The Hall–Kier alpha value is -3.10. The molecule has 1 spiro atoms. The van der Waals surface area contributed by atoms with Crippen LogP contribution in [0.1, 0.15) is 61.3 Å². The first kappa shape index (κ1) is 24.6. The van der Waals surface area contributed by atoms with Crippen LogP contribution in [-0.2, 0) is 11.0 Å². The summed E-state index contributed by atoms with van der Waals surface area (Å²) in [4.78, 5) is 35.5. The van der Waals surface area contributed by atoms with Gasteiger partial charge >= 0.3 is 12.2 Å². The van der Waals surface area contributed by atoms with E-state index in [2.05, 4.69) is 17.1 Å². The van der Waals surface area contributed by atoms with Crippen LogP contribution in [0.4, 0.5) is 23.7 Å². The highest BCUT2D eigenvalue weighted by Crippen LogP contribution is 2.46. The number of anilines is 1. The Bertz CT molecular complexity index is 1120. The van der Waals surface area contributed by atoms with Gasteiger partial charge in [-0.2, -0.15) is 13.2 Å². The number of likely N-dealkylation sites (tertiary alicyclic amines) is 1. The van der Waals surface area contributed by atoms with Gasteiger partial charge in [0.1, 0.15) is 12.2 Å². The summed E-state index contributed by atoms with van der Waals surface area (Å²) in [5.74, 6) is 0.320. The predicted octanol–water partition coefficient (Wildman–Crippen LogP) is 5.37. The molecule has 5 rings (SSSR count). The zero-order chi connectivity index (χ0) is 25.5. The summed E-state index contributed by atoms with van der Waals surface area (Å²) >= 11 is 0. The number of amides is 3. The average molecular weight is 501 g/mol. The van der Waals surface area contributed by atoms with E-state index in [1.807, 2.05) is 23.1 Å². The second-order valence-electron chi connectivity index (χ2n) is 10.3. The number of pyridine rings is 1. The molecule has 0 atom stereocenters. The summed E-state index contributed by atoms with van der Waals surface area (Å²) in [5, 5.41) is 0. The van der Waals surface area contributed by atoms with Crippen molar-refractivity contribution in [2.45, 2.75) is 63.1 Å². The monoisotopic (exact) mass is 500 g/mol. The fourth-order valence-corrected chi connectivity index (χ4v) is 6.05. The highest BCUT2D eigenvalue weighted by molar-refractivity contribution is 5.98. The SMILES string of the molecule is Cc1cc(C(F)(F)F)ncc1N1CC2(CCC(c3ccccc3)CC2)N(CC(=O)N2CCCC2)C1=O. The van der Waals surface area contributed by atoms with E-state index in [-0.39, 0.29) is 18.5 Å². The molecule has 1 aromatic heterocycles. The normalized spacial score (nSPS) is 24.7. The first-order valence-corrected chi connectivity index (χ1v) is 12.6. The van der Waals surface area contributed by atoms with Crippen LogP contribution in [0, 0.1) is 6.92 Å². The third-order valence-corrected chi connectivity index (χ3v) is 8.09. The Morgan fingerprint density at radius 1 is 1.11 bits per heavy atom. The molecule has 0 unspecified atom stereocenters. The number of aromatic nitrogens is 1. The molecule has 6 nitrogen and oxygen atoms in total. The van der Waals surface area contributed by atoms with Gasteiger partial charge in [0, 0.05) is 13.1 Å². The molecule has 3 aliphatic rings. The summed E-state index contributed by atoms with van der Waals surface area (Å²) < 4.78 is 39.5. The fourth-order valence-electron chi connectivity index (χ4n) is 6.05. The van der Waals surface area contributed by atoms with Gasteiger partial charge in [0.2, 0.25) is 5.91 Å². The van der Waals surface area contributed by atoms with Crippen LogP contribution < -0.4 is 4.90 Å². The van der Waals surface area contributed by atoms with Crippen LogP contribution in [0.25, 0.3) is 0 Å².